The van der Waals surface area contributed by atoms with Gasteiger partial charge < -0.3 is 4.74 Å². The van der Waals surface area contributed by atoms with Crippen molar-refractivity contribution in [3.05, 3.63) is 16.4 Å². The lowest BCUT2D eigenvalue weighted by molar-refractivity contribution is 0.0599. The van der Waals surface area contributed by atoms with Gasteiger partial charge in [0.1, 0.15) is 10.2 Å². The average Bonchev–Trinajstić information content (AvgIpc) is 2.46. The summed E-state index contributed by atoms with van der Waals surface area (Å²) in [5.41, 5.74) is 0.468. The quantitative estimate of drug-likeness (QED) is 0.765. The second kappa shape index (κ2) is 4.41. The summed E-state index contributed by atoms with van der Waals surface area (Å²) in [6.07, 6.45) is 2.66. The van der Waals surface area contributed by atoms with E-state index in [0.29, 0.717) is 10.2 Å². The van der Waals surface area contributed by atoms with Crippen molar-refractivity contribution in [2.45, 2.75) is 19.9 Å². The van der Waals surface area contributed by atoms with Gasteiger partial charge in [0.25, 0.3) is 0 Å². The van der Waals surface area contributed by atoms with Crippen LogP contribution in [0.25, 0.3) is 0 Å². The highest BCUT2D eigenvalue weighted by Crippen LogP contribution is 2.15. The first kappa shape index (κ1) is 10.2. The lowest BCUT2D eigenvalue weighted by Gasteiger charge is -1.94. The van der Waals surface area contributed by atoms with Crippen molar-refractivity contribution in [3.8, 4) is 0 Å². The Kier molecular flexibility index (Phi) is 3.48. The first-order chi connectivity index (χ1) is 6.19. The van der Waals surface area contributed by atoms with Gasteiger partial charge in [-0.15, -0.1) is 0 Å². The zero-order chi connectivity index (χ0) is 9.84. The van der Waals surface area contributed by atoms with Crippen LogP contribution in [0.15, 0.2) is 10.8 Å². The van der Waals surface area contributed by atoms with Crippen molar-refractivity contribution < 1.29 is 9.53 Å². The number of hydrogen-bond acceptors (Lipinski definition) is 3. The molecule has 0 atom stereocenters. The van der Waals surface area contributed by atoms with Crippen molar-refractivity contribution in [2.24, 2.45) is 0 Å². The summed E-state index contributed by atoms with van der Waals surface area (Å²) in [5, 5.41) is 4.10. The number of aromatic nitrogens is 2. The normalized spacial score (nSPS) is 10.1. The van der Waals surface area contributed by atoms with Crippen LogP contribution in [0.4, 0.5) is 0 Å². The Hall–Kier alpha value is -0.840. The molecule has 0 aliphatic rings. The Morgan fingerprint density at radius 3 is 3.00 bits per heavy atom. The predicted molar refractivity (Wildman–Crippen MR) is 51.6 cm³/mol. The Labute approximate surface area is 85.0 Å². The number of ether oxygens (including phenoxy) is 1. The van der Waals surface area contributed by atoms with E-state index < -0.39 is 0 Å². The molecule has 4 nitrogen and oxygen atoms in total. The number of carbonyl (C=O) groups is 1. The molecule has 13 heavy (non-hydrogen) atoms. The number of hydrogen-bond donors (Lipinski definition) is 0. The van der Waals surface area contributed by atoms with E-state index in [4.69, 9.17) is 0 Å². The van der Waals surface area contributed by atoms with Crippen molar-refractivity contribution in [2.75, 3.05) is 7.11 Å². The van der Waals surface area contributed by atoms with Crippen molar-refractivity contribution in [3.63, 3.8) is 0 Å². The Morgan fingerprint density at radius 1 is 1.77 bits per heavy atom. The topological polar surface area (TPSA) is 44.1 Å². The second-order valence-corrected chi connectivity index (χ2v) is 3.34. The molecule has 0 bridgehead atoms. The Balaban J connectivity index is 2.89. The maximum Gasteiger partial charge on any atom is 0.342 e. The molecule has 0 N–H and O–H groups in total. The van der Waals surface area contributed by atoms with Crippen LogP contribution in [0, 0.1) is 0 Å². The van der Waals surface area contributed by atoms with Gasteiger partial charge in [0.2, 0.25) is 0 Å². The minimum absolute atomic E-state index is 0.366. The molecular formula is C8H11BrN2O2. The molecule has 0 amide bonds. The van der Waals surface area contributed by atoms with Crippen LogP contribution in [-0.4, -0.2) is 22.9 Å². The lowest BCUT2D eigenvalue weighted by atomic mass is 10.4. The number of methoxy groups -OCH3 is 1. The van der Waals surface area contributed by atoms with Gasteiger partial charge in [-0.3, -0.25) is 4.68 Å². The molecule has 0 fully saturated rings. The van der Waals surface area contributed by atoms with E-state index in [0.717, 1.165) is 13.0 Å². The second-order valence-electron chi connectivity index (χ2n) is 2.59. The molecule has 0 saturated heterocycles. The van der Waals surface area contributed by atoms with Gasteiger partial charge in [-0.25, -0.2) is 4.79 Å². The maximum absolute atomic E-state index is 11.1. The van der Waals surface area contributed by atoms with Crippen LogP contribution in [-0.2, 0) is 11.3 Å². The van der Waals surface area contributed by atoms with E-state index in [1.165, 1.54) is 7.11 Å². The van der Waals surface area contributed by atoms with Gasteiger partial charge in [-0.05, 0) is 22.4 Å². The summed E-state index contributed by atoms with van der Waals surface area (Å²) in [5.74, 6) is -0.366. The predicted octanol–water partition coefficient (Wildman–Crippen LogP) is 1.84. The molecule has 0 unspecified atom stereocenters. The highest BCUT2D eigenvalue weighted by Gasteiger charge is 2.14. The molecule has 0 aliphatic heterocycles. The number of rotatable bonds is 3. The fraction of sp³-hybridized carbons (Fsp3) is 0.500. The van der Waals surface area contributed by atoms with Gasteiger partial charge >= 0.3 is 5.97 Å². The molecule has 0 saturated carbocycles. The minimum Gasteiger partial charge on any atom is -0.465 e. The summed E-state index contributed by atoms with van der Waals surface area (Å²) < 4.78 is 6.84. The van der Waals surface area contributed by atoms with Crippen LogP contribution in [0.2, 0.25) is 0 Å². The molecular weight excluding hydrogens is 236 g/mol. The number of esters is 1. The third-order valence-electron chi connectivity index (χ3n) is 1.57. The number of nitrogens with zero attached hydrogens (tertiary/aromatic N) is 2. The van der Waals surface area contributed by atoms with Gasteiger partial charge in [0, 0.05) is 12.7 Å². The van der Waals surface area contributed by atoms with Crippen LogP contribution in [0.3, 0.4) is 0 Å². The smallest absolute Gasteiger partial charge is 0.342 e. The highest BCUT2D eigenvalue weighted by atomic mass is 79.9. The van der Waals surface area contributed by atoms with E-state index in [1.54, 1.807) is 10.9 Å². The van der Waals surface area contributed by atoms with Gasteiger partial charge in [0.05, 0.1) is 7.11 Å². The van der Waals surface area contributed by atoms with Crippen molar-refractivity contribution in [1.29, 1.82) is 0 Å². The highest BCUT2D eigenvalue weighted by molar-refractivity contribution is 9.10. The number of aryl methyl sites for hydroxylation is 1. The summed E-state index contributed by atoms with van der Waals surface area (Å²) in [4.78, 5) is 11.1. The average molecular weight is 247 g/mol. The summed E-state index contributed by atoms with van der Waals surface area (Å²) in [7, 11) is 1.35. The third-order valence-corrected chi connectivity index (χ3v) is 2.16. The molecule has 1 rings (SSSR count). The molecule has 0 spiro atoms. The van der Waals surface area contributed by atoms with Gasteiger partial charge in [-0.2, -0.15) is 5.10 Å². The first-order valence-corrected chi connectivity index (χ1v) is 4.79. The van der Waals surface area contributed by atoms with E-state index in [1.807, 2.05) is 6.92 Å². The summed E-state index contributed by atoms with van der Waals surface area (Å²) in [6.45, 7) is 2.85. The molecule has 5 heteroatoms. The molecule has 0 radical (unpaired) electrons. The number of carbonyl (C=O) groups excluding carboxylic acids is 1. The SMILES string of the molecule is CCCn1cc(C(=O)OC)c(Br)n1. The van der Waals surface area contributed by atoms with Gasteiger partial charge in [0.15, 0.2) is 0 Å². The minimum atomic E-state index is -0.366. The van der Waals surface area contributed by atoms with E-state index >= 15 is 0 Å². The van der Waals surface area contributed by atoms with Crippen LogP contribution >= 0.6 is 15.9 Å². The van der Waals surface area contributed by atoms with E-state index in [2.05, 4.69) is 25.8 Å². The summed E-state index contributed by atoms with van der Waals surface area (Å²) >= 11 is 3.20. The zero-order valence-electron chi connectivity index (χ0n) is 7.58. The monoisotopic (exact) mass is 246 g/mol. The fourth-order valence-electron chi connectivity index (χ4n) is 0.988. The fourth-order valence-corrected chi connectivity index (χ4v) is 1.46. The standard InChI is InChI=1S/C8H11BrN2O2/c1-3-4-11-5-6(7(9)10-11)8(12)13-2/h5H,3-4H2,1-2H3. The van der Waals surface area contributed by atoms with Gasteiger partial charge in [-0.1, -0.05) is 6.92 Å². The molecule has 1 aromatic heterocycles. The molecule has 1 aromatic rings. The molecule has 72 valence electrons. The van der Waals surface area contributed by atoms with E-state index in [9.17, 15) is 4.79 Å². The van der Waals surface area contributed by atoms with E-state index in [-0.39, 0.29) is 5.97 Å². The third kappa shape index (κ3) is 2.30. The van der Waals surface area contributed by atoms with Crippen LogP contribution in [0.5, 0.6) is 0 Å². The Bertz CT molecular complexity index is 309. The molecule has 1 heterocycles. The maximum atomic E-state index is 11.1. The number of halogens is 1. The Morgan fingerprint density at radius 2 is 2.46 bits per heavy atom. The lowest BCUT2D eigenvalue weighted by Crippen LogP contribution is -2.00. The summed E-state index contributed by atoms with van der Waals surface area (Å²) in [6, 6.07) is 0. The first-order valence-electron chi connectivity index (χ1n) is 4.00. The van der Waals surface area contributed by atoms with Crippen molar-refractivity contribution in [1.82, 2.24) is 9.78 Å². The molecule has 0 aromatic carbocycles. The molecule has 0 aliphatic carbocycles. The zero-order valence-corrected chi connectivity index (χ0v) is 9.17. The van der Waals surface area contributed by atoms with Crippen molar-refractivity contribution >= 4 is 21.9 Å². The largest absolute Gasteiger partial charge is 0.465 e. The van der Waals surface area contributed by atoms with Crippen LogP contribution < -0.4 is 0 Å². The van der Waals surface area contributed by atoms with Crippen LogP contribution in [0.1, 0.15) is 23.7 Å².